The lowest BCUT2D eigenvalue weighted by molar-refractivity contribution is 0.701. The second-order valence-electron chi connectivity index (χ2n) is 6.17. The van der Waals surface area contributed by atoms with E-state index in [2.05, 4.69) is 46.1 Å². The molecule has 0 amide bonds. The van der Waals surface area contributed by atoms with Crippen molar-refractivity contribution in [2.45, 2.75) is 25.8 Å². The third-order valence-corrected chi connectivity index (χ3v) is 4.55. The molecule has 116 valence electrons. The quantitative estimate of drug-likeness (QED) is 0.787. The number of rotatable bonds is 2. The second kappa shape index (κ2) is 5.54. The monoisotopic (exact) mass is 305 g/mol. The number of fused-ring (bicyclic) bond motifs is 1. The predicted octanol–water partition coefficient (Wildman–Crippen LogP) is 3.57. The Bertz CT molecular complexity index is 916. The average Bonchev–Trinajstić information content (AvgIpc) is 3.04. The van der Waals surface area contributed by atoms with E-state index in [1.165, 1.54) is 11.1 Å². The van der Waals surface area contributed by atoms with Crippen LogP contribution < -0.4 is 10.5 Å². The largest absolute Gasteiger partial charge is 0.335 e. The molecule has 1 fully saturated rings. The summed E-state index contributed by atoms with van der Waals surface area (Å²) in [4.78, 5) is 22.2. The summed E-state index contributed by atoms with van der Waals surface area (Å²) in [6.07, 6.45) is 2.19. The number of para-hydroxylation sites is 1. The van der Waals surface area contributed by atoms with Crippen molar-refractivity contribution in [2.24, 2.45) is 0 Å². The zero-order chi connectivity index (χ0) is 15.8. The highest BCUT2D eigenvalue weighted by atomic mass is 16.1. The van der Waals surface area contributed by atoms with Gasteiger partial charge in [-0.25, -0.2) is 4.98 Å². The van der Waals surface area contributed by atoms with Crippen LogP contribution in [0.3, 0.4) is 0 Å². The Morgan fingerprint density at radius 1 is 1.17 bits per heavy atom. The van der Waals surface area contributed by atoms with Crippen molar-refractivity contribution in [1.29, 1.82) is 0 Å². The molecule has 0 aliphatic carbocycles. The van der Waals surface area contributed by atoms with Crippen molar-refractivity contribution in [3.05, 3.63) is 70.0 Å². The minimum Gasteiger partial charge on any atom is -0.335 e. The number of aromatic amines is 1. The van der Waals surface area contributed by atoms with Crippen LogP contribution in [-0.2, 0) is 0 Å². The molecule has 4 heteroatoms. The first-order valence-electron chi connectivity index (χ1n) is 8.05. The summed E-state index contributed by atoms with van der Waals surface area (Å²) in [5, 5.41) is 0.641. The molecule has 0 bridgehead atoms. The molecule has 23 heavy (non-hydrogen) atoms. The van der Waals surface area contributed by atoms with Crippen molar-refractivity contribution in [3.63, 3.8) is 0 Å². The predicted molar refractivity (Wildman–Crippen MR) is 92.9 cm³/mol. The Kier molecular flexibility index (Phi) is 3.37. The molecule has 2 aromatic carbocycles. The lowest BCUT2D eigenvalue weighted by atomic mass is 10.0. The lowest BCUT2D eigenvalue weighted by Crippen LogP contribution is -2.27. The summed E-state index contributed by atoms with van der Waals surface area (Å²) in [5.74, 6) is 0.678. The third kappa shape index (κ3) is 2.50. The van der Waals surface area contributed by atoms with E-state index in [0.29, 0.717) is 11.3 Å². The maximum absolute atomic E-state index is 12.3. The fraction of sp³-hybridized carbons (Fsp3) is 0.263. The SMILES string of the molecule is Cc1cccc(C2CCCN2c2nc3ccccc3c(=O)[nH]2)c1. The molecule has 1 N–H and O–H groups in total. The van der Waals surface area contributed by atoms with Crippen LogP contribution in [0.5, 0.6) is 0 Å². The summed E-state index contributed by atoms with van der Waals surface area (Å²) in [7, 11) is 0. The topological polar surface area (TPSA) is 49.0 Å². The van der Waals surface area contributed by atoms with Gasteiger partial charge in [-0.05, 0) is 37.5 Å². The molecular formula is C19H19N3O. The molecule has 1 saturated heterocycles. The van der Waals surface area contributed by atoms with Crippen LogP contribution in [0.4, 0.5) is 5.95 Å². The number of aromatic nitrogens is 2. The standard InChI is InChI=1S/C19H19N3O/c1-13-6-4-7-14(12-13)17-10-5-11-22(17)19-20-16-9-3-2-8-15(16)18(23)21-19/h2-4,6-9,12,17H,5,10-11H2,1H3,(H,20,21,23). The molecule has 1 aromatic heterocycles. The van der Waals surface area contributed by atoms with Crippen molar-refractivity contribution in [1.82, 2.24) is 9.97 Å². The van der Waals surface area contributed by atoms with Crippen LogP contribution >= 0.6 is 0 Å². The molecule has 4 rings (SSSR count). The normalized spacial score (nSPS) is 17.8. The van der Waals surface area contributed by atoms with E-state index in [0.717, 1.165) is 24.9 Å². The van der Waals surface area contributed by atoms with Gasteiger partial charge in [-0.15, -0.1) is 0 Å². The van der Waals surface area contributed by atoms with Gasteiger partial charge in [0, 0.05) is 6.54 Å². The van der Waals surface area contributed by atoms with Gasteiger partial charge in [-0.3, -0.25) is 9.78 Å². The average molecular weight is 305 g/mol. The Balaban J connectivity index is 1.78. The van der Waals surface area contributed by atoms with Gasteiger partial charge in [0.25, 0.3) is 5.56 Å². The molecule has 1 aliphatic heterocycles. The van der Waals surface area contributed by atoms with Crippen molar-refractivity contribution >= 4 is 16.9 Å². The van der Waals surface area contributed by atoms with Gasteiger partial charge in [0.2, 0.25) is 5.95 Å². The van der Waals surface area contributed by atoms with Gasteiger partial charge in [-0.2, -0.15) is 0 Å². The van der Waals surface area contributed by atoms with Crippen molar-refractivity contribution < 1.29 is 0 Å². The van der Waals surface area contributed by atoms with Crippen LogP contribution in [0, 0.1) is 6.92 Å². The molecule has 2 heterocycles. The van der Waals surface area contributed by atoms with E-state index in [1.54, 1.807) is 0 Å². The first-order chi connectivity index (χ1) is 11.2. The number of anilines is 1. The first kappa shape index (κ1) is 14.0. The highest BCUT2D eigenvalue weighted by Crippen LogP contribution is 2.34. The zero-order valence-corrected chi connectivity index (χ0v) is 13.1. The van der Waals surface area contributed by atoms with E-state index >= 15 is 0 Å². The molecule has 0 spiro atoms. The molecule has 3 aromatic rings. The van der Waals surface area contributed by atoms with Crippen LogP contribution in [0.2, 0.25) is 0 Å². The Morgan fingerprint density at radius 2 is 2.04 bits per heavy atom. The van der Waals surface area contributed by atoms with Gasteiger partial charge in [0.05, 0.1) is 16.9 Å². The molecule has 0 radical (unpaired) electrons. The van der Waals surface area contributed by atoms with Gasteiger partial charge in [0.15, 0.2) is 0 Å². The van der Waals surface area contributed by atoms with Crippen LogP contribution in [-0.4, -0.2) is 16.5 Å². The lowest BCUT2D eigenvalue weighted by Gasteiger charge is -2.26. The number of hydrogen-bond acceptors (Lipinski definition) is 3. The maximum Gasteiger partial charge on any atom is 0.260 e. The summed E-state index contributed by atoms with van der Waals surface area (Å²) in [6.45, 7) is 3.03. The smallest absolute Gasteiger partial charge is 0.260 e. The highest BCUT2D eigenvalue weighted by Gasteiger charge is 2.28. The summed E-state index contributed by atoms with van der Waals surface area (Å²) >= 11 is 0. The molecule has 1 aliphatic rings. The maximum atomic E-state index is 12.3. The van der Waals surface area contributed by atoms with Gasteiger partial charge in [0.1, 0.15) is 0 Å². The van der Waals surface area contributed by atoms with Crippen molar-refractivity contribution in [3.8, 4) is 0 Å². The molecule has 1 atom stereocenters. The highest BCUT2D eigenvalue weighted by molar-refractivity contribution is 5.78. The molecule has 0 saturated carbocycles. The summed E-state index contributed by atoms with van der Waals surface area (Å²) < 4.78 is 0. The van der Waals surface area contributed by atoms with Crippen LogP contribution in [0.15, 0.2) is 53.3 Å². The summed E-state index contributed by atoms with van der Waals surface area (Å²) in [6, 6.07) is 16.4. The number of nitrogens with zero attached hydrogens (tertiary/aromatic N) is 2. The van der Waals surface area contributed by atoms with E-state index in [9.17, 15) is 4.79 Å². The van der Waals surface area contributed by atoms with Crippen LogP contribution in [0.25, 0.3) is 10.9 Å². The van der Waals surface area contributed by atoms with Gasteiger partial charge in [-0.1, -0.05) is 42.0 Å². The fourth-order valence-corrected chi connectivity index (χ4v) is 3.45. The van der Waals surface area contributed by atoms with E-state index in [4.69, 9.17) is 0 Å². The molecular weight excluding hydrogens is 286 g/mol. The Labute approximate surface area is 134 Å². The number of H-pyrrole nitrogens is 1. The number of benzene rings is 2. The number of aryl methyl sites for hydroxylation is 1. The van der Waals surface area contributed by atoms with E-state index in [1.807, 2.05) is 24.3 Å². The second-order valence-corrected chi connectivity index (χ2v) is 6.17. The molecule has 4 nitrogen and oxygen atoms in total. The zero-order valence-electron chi connectivity index (χ0n) is 13.1. The Hall–Kier alpha value is -2.62. The number of hydrogen-bond donors (Lipinski definition) is 1. The molecule has 1 unspecified atom stereocenters. The Morgan fingerprint density at radius 3 is 2.91 bits per heavy atom. The van der Waals surface area contributed by atoms with E-state index < -0.39 is 0 Å². The minimum absolute atomic E-state index is 0.0690. The third-order valence-electron chi connectivity index (χ3n) is 4.55. The number of nitrogens with one attached hydrogen (secondary N) is 1. The van der Waals surface area contributed by atoms with Gasteiger partial charge >= 0.3 is 0 Å². The minimum atomic E-state index is -0.0690. The fourth-order valence-electron chi connectivity index (χ4n) is 3.45. The van der Waals surface area contributed by atoms with Crippen LogP contribution in [0.1, 0.15) is 30.0 Å². The van der Waals surface area contributed by atoms with Crippen molar-refractivity contribution in [2.75, 3.05) is 11.4 Å². The summed E-state index contributed by atoms with van der Waals surface area (Å²) in [5.41, 5.74) is 3.23. The van der Waals surface area contributed by atoms with E-state index in [-0.39, 0.29) is 11.6 Å². The van der Waals surface area contributed by atoms with Gasteiger partial charge < -0.3 is 4.90 Å². The first-order valence-corrected chi connectivity index (χ1v) is 8.05.